The molecule has 2 fully saturated rings. The van der Waals surface area contributed by atoms with Crippen molar-refractivity contribution >= 4 is 17.2 Å². The maximum absolute atomic E-state index is 6.13. The molecule has 0 radical (unpaired) electrons. The van der Waals surface area contributed by atoms with Gasteiger partial charge in [0.1, 0.15) is 23.5 Å². The van der Waals surface area contributed by atoms with Gasteiger partial charge in [0.05, 0.1) is 17.1 Å². The van der Waals surface area contributed by atoms with Gasteiger partial charge < -0.3 is 9.64 Å². The molecule has 29 heavy (non-hydrogen) atoms. The minimum atomic E-state index is 0.0200. The lowest BCUT2D eigenvalue weighted by Gasteiger charge is -2.42. The van der Waals surface area contributed by atoms with Crippen molar-refractivity contribution in [1.82, 2.24) is 14.9 Å². The number of piperazine rings is 1. The van der Waals surface area contributed by atoms with Gasteiger partial charge in [0, 0.05) is 43.3 Å². The molecule has 1 saturated carbocycles. The quantitative estimate of drug-likeness (QED) is 0.662. The number of hydrogen-bond donors (Lipinski definition) is 0. The number of hydrogen-bond acceptors (Lipinski definition) is 6. The second kappa shape index (κ2) is 6.80. The predicted molar refractivity (Wildman–Crippen MR) is 116 cm³/mol. The summed E-state index contributed by atoms with van der Waals surface area (Å²) in [7, 11) is 0. The summed E-state index contributed by atoms with van der Waals surface area (Å²) in [6, 6.07) is 9.32. The molecule has 0 spiro atoms. The predicted octanol–water partition coefficient (Wildman–Crippen LogP) is 3.81. The van der Waals surface area contributed by atoms with E-state index in [1.807, 2.05) is 12.1 Å². The molecule has 0 bridgehead atoms. The fourth-order valence-electron chi connectivity index (χ4n) is 4.35. The lowest BCUT2D eigenvalue weighted by atomic mass is 9.98. The normalized spacial score (nSPS) is 22.7. The van der Waals surface area contributed by atoms with Gasteiger partial charge in [0.25, 0.3) is 0 Å². The molecule has 5 rings (SSSR count). The molecule has 2 aromatic rings. The fraction of sp³-hybridized carbons (Fsp3) is 0.522. The van der Waals surface area contributed by atoms with Gasteiger partial charge in [-0.25, -0.2) is 15.0 Å². The van der Waals surface area contributed by atoms with Crippen LogP contribution in [0.15, 0.2) is 35.6 Å². The molecule has 6 heteroatoms. The van der Waals surface area contributed by atoms with Gasteiger partial charge in [-0.15, -0.1) is 0 Å². The first-order valence-corrected chi connectivity index (χ1v) is 10.7. The standard InChI is InChI=1S/C23H29N5O/c1-15(2)28-10-9-27(13-16(28)3)21-12-20(24-14-25-21)22-18-11-17(5-6-19(18)26-22)29-23(4)7-8-23/h5-6,11-12,14-16H,7-10,13H2,1-4H3. The van der Waals surface area contributed by atoms with E-state index in [4.69, 9.17) is 4.74 Å². The number of aromatic nitrogens is 2. The Hall–Kier alpha value is -2.47. The molecule has 3 heterocycles. The summed E-state index contributed by atoms with van der Waals surface area (Å²) in [6.45, 7) is 12.0. The van der Waals surface area contributed by atoms with E-state index in [0.29, 0.717) is 12.1 Å². The van der Waals surface area contributed by atoms with Crippen LogP contribution in [0.4, 0.5) is 11.5 Å². The smallest absolute Gasteiger partial charge is 0.132 e. The number of anilines is 1. The van der Waals surface area contributed by atoms with Gasteiger partial charge in [-0.2, -0.15) is 0 Å². The molecule has 0 N–H and O–H groups in total. The number of fused-ring (bicyclic) bond motifs is 1. The van der Waals surface area contributed by atoms with Crippen molar-refractivity contribution < 1.29 is 4.74 Å². The second-order valence-corrected chi connectivity index (χ2v) is 9.08. The highest BCUT2D eigenvalue weighted by atomic mass is 16.5. The van der Waals surface area contributed by atoms with Crippen LogP contribution in [0.2, 0.25) is 0 Å². The Morgan fingerprint density at radius 3 is 2.69 bits per heavy atom. The average molecular weight is 392 g/mol. The van der Waals surface area contributed by atoms with E-state index in [9.17, 15) is 0 Å². The van der Waals surface area contributed by atoms with Gasteiger partial charge in [-0.1, -0.05) is 0 Å². The van der Waals surface area contributed by atoms with Crippen LogP contribution in [-0.4, -0.2) is 57.9 Å². The summed E-state index contributed by atoms with van der Waals surface area (Å²) in [6.07, 6.45) is 3.92. The van der Waals surface area contributed by atoms with E-state index >= 15 is 0 Å². The van der Waals surface area contributed by atoms with Crippen LogP contribution >= 0.6 is 0 Å². The van der Waals surface area contributed by atoms with Crippen molar-refractivity contribution in [3.8, 4) is 5.75 Å². The Bertz CT molecular complexity index is 965. The summed E-state index contributed by atoms with van der Waals surface area (Å²) in [5, 5.41) is 0. The van der Waals surface area contributed by atoms with Crippen LogP contribution < -0.4 is 9.64 Å². The molecular formula is C23H29N5O. The number of ether oxygens (including phenoxy) is 1. The molecule has 1 saturated heterocycles. The monoisotopic (exact) mass is 391 g/mol. The molecule has 1 aliphatic carbocycles. The zero-order valence-corrected chi connectivity index (χ0v) is 17.7. The number of nitrogens with zero attached hydrogens (tertiary/aromatic N) is 5. The second-order valence-electron chi connectivity index (χ2n) is 9.08. The zero-order chi connectivity index (χ0) is 20.2. The van der Waals surface area contributed by atoms with E-state index in [2.05, 4.69) is 64.6 Å². The van der Waals surface area contributed by atoms with Crippen LogP contribution in [0.3, 0.4) is 0 Å². The first kappa shape index (κ1) is 18.6. The lowest BCUT2D eigenvalue weighted by molar-refractivity contribution is 0.148. The van der Waals surface area contributed by atoms with Gasteiger partial charge in [-0.3, -0.25) is 4.90 Å². The largest absolute Gasteiger partial charge is 0.488 e. The minimum Gasteiger partial charge on any atom is -0.488 e. The summed E-state index contributed by atoms with van der Waals surface area (Å²) in [5.41, 5.74) is 3.97. The Labute approximate surface area is 172 Å². The maximum Gasteiger partial charge on any atom is 0.132 e. The molecule has 152 valence electrons. The molecule has 1 aromatic carbocycles. The van der Waals surface area contributed by atoms with Crippen molar-refractivity contribution in [2.45, 2.75) is 58.2 Å². The number of aliphatic imine (C=N–C) groups is 1. The van der Waals surface area contributed by atoms with E-state index in [-0.39, 0.29) is 5.60 Å². The first-order valence-electron chi connectivity index (χ1n) is 10.7. The highest BCUT2D eigenvalue weighted by Crippen LogP contribution is 2.42. The van der Waals surface area contributed by atoms with Crippen molar-refractivity contribution in [2.24, 2.45) is 4.99 Å². The van der Waals surface area contributed by atoms with E-state index < -0.39 is 0 Å². The Kier molecular flexibility index (Phi) is 4.35. The van der Waals surface area contributed by atoms with Gasteiger partial charge in [0.15, 0.2) is 0 Å². The van der Waals surface area contributed by atoms with Crippen LogP contribution in [0.25, 0.3) is 0 Å². The third-order valence-electron chi connectivity index (χ3n) is 6.34. The summed E-state index contributed by atoms with van der Waals surface area (Å²) < 4.78 is 6.13. The Balaban J connectivity index is 1.34. The van der Waals surface area contributed by atoms with E-state index in [1.165, 1.54) is 0 Å². The van der Waals surface area contributed by atoms with Crippen molar-refractivity contribution in [3.63, 3.8) is 0 Å². The van der Waals surface area contributed by atoms with Crippen LogP contribution in [-0.2, 0) is 0 Å². The molecule has 1 atom stereocenters. The molecule has 0 amide bonds. The third-order valence-corrected chi connectivity index (χ3v) is 6.34. The topological polar surface area (TPSA) is 53.9 Å². The van der Waals surface area contributed by atoms with Crippen molar-refractivity contribution in [1.29, 1.82) is 0 Å². The summed E-state index contributed by atoms with van der Waals surface area (Å²) in [4.78, 5) is 18.7. The van der Waals surface area contributed by atoms with Crippen LogP contribution in [0.5, 0.6) is 5.75 Å². The van der Waals surface area contributed by atoms with Gasteiger partial charge in [-0.05, 0) is 58.7 Å². The molecule has 1 aromatic heterocycles. The van der Waals surface area contributed by atoms with Crippen LogP contribution in [0, 0.1) is 0 Å². The van der Waals surface area contributed by atoms with Crippen molar-refractivity contribution in [3.05, 3.63) is 41.9 Å². The molecule has 1 unspecified atom stereocenters. The maximum atomic E-state index is 6.13. The van der Waals surface area contributed by atoms with E-state index in [1.54, 1.807) is 6.33 Å². The SMILES string of the molecule is CC(C)N1CCN(c2cc(C3=Nc4ccc(OC5(C)CC5)cc43)ncn2)CC1C. The summed E-state index contributed by atoms with van der Waals surface area (Å²) in [5.74, 6) is 1.91. The number of rotatable bonds is 5. The highest BCUT2D eigenvalue weighted by molar-refractivity contribution is 6.21. The number of benzene rings is 1. The molecular weight excluding hydrogens is 362 g/mol. The molecule has 3 aliphatic rings. The molecule has 2 aliphatic heterocycles. The first-order chi connectivity index (χ1) is 13.9. The van der Waals surface area contributed by atoms with Crippen molar-refractivity contribution in [2.75, 3.05) is 24.5 Å². The lowest BCUT2D eigenvalue weighted by Crippen LogP contribution is -2.54. The van der Waals surface area contributed by atoms with E-state index in [0.717, 1.165) is 66.7 Å². The summed E-state index contributed by atoms with van der Waals surface area (Å²) >= 11 is 0. The molecule has 6 nitrogen and oxygen atoms in total. The Morgan fingerprint density at radius 1 is 1.14 bits per heavy atom. The van der Waals surface area contributed by atoms with Gasteiger partial charge in [0.2, 0.25) is 0 Å². The van der Waals surface area contributed by atoms with Gasteiger partial charge >= 0.3 is 0 Å². The average Bonchev–Trinajstić information content (AvgIpc) is 3.40. The zero-order valence-electron chi connectivity index (χ0n) is 17.7. The Morgan fingerprint density at radius 2 is 1.97 bits per heavy atom. The highest BCUT2D eigenvalue weighted by Gasteiger charge is 2.40. The third kappa shape index (κ3) is 3.50. The van der Waals surface area contributed by atoms with Crippen LogP contribution in [0.1, 0.15) is 51.8 Å². The fourth-order valence-corrected chi connectivity index (χ4v) is 4.35. The minimum absolute atomic E-state index is 0.0200.